The number of benzene rings is 2. The third-order valence-corrected chi connectivity index (χ3v) is 4.57. The minimum Gasteiger partial charge on any atom is -0.350 e. The van der Waals surface area contributed by atoms with Crippen molar-refractivity contribution in [3.05, 3.63) is 71.3 Å². The Labute approximate surface area is 146 Å². The molecule has 2 aromatic rings. The Morgan fingerprint density at radius 3 is 2.54 bits per heavy atom. The molecule has 0 saturated heterocycles. The molecule has 2 aromatic carbocycles. The molecule has 1 atom stereocenters. The lowest BCUT2D eigenvalue weighted by Gasteiger charge is -2.37. The topological polar surface area (TPSA) is 49.4 Å². The smallest absolute Gasteiger partial charge is 0.251 e. The molecule has 2 amide bonds. The summed E-state index contributed by atoms with van der Waals surface area (Å²) in [6.45, 7) is 0.988. The zero-order valence-electron chi connectivity index (χ0n) is 13.2. The minimum atomic E-state index is -0.186. The molecule has 0 spiro atoms. The van der Waals surface area contributed by atoms with E-state index in [0.29, 0.717) is 18.7 Å². The van der Waals surface area contributed by atoms with E-state index in [1.807, 2.05) is 36.4 Å². The van der Waals surface area contributed by atoms with E-state index >= 15 is 0 Å². The minimum absolute atomic E-state index is 0.0503. The van der Waals surface area contributed by atoms with Crippen LogP contribution in [0.25, 0.3) is 0 Å². The number of halogens is 1. The highest BCUT2D eigenvalue weighted by Gasteiger charge is 2.30. The number of carbonyl (C=O) groups is 2. The summed E-state index contributed by atoms with van der Waals surface area (Å²) in [4.78, 5) is 26.3. The van der Waals surface area contributed by atoms with Gasteiger partial charge in [-0.2, -0.15) is 0 Å². The number of rotatable bonds is 4. The standard InChI is InChI=1S/C19H19ClN2O2/c20-12-18(23)22-11-10-14-6-4-5-9-16(14)17(22)13-21-19(24)15-7-2-1-3-8-15/h1-9,17H,10-13H2,(H,21,24)/t17-/m0/s1. The average Bonchev–Trinajstić information content (AvgIpc) is 2.65. The molecular formula is C19H19ClN2O2. The van der Waals surface area contributed by atoms with Gasteiger partial charge in [-0.1, -0.05) is 42.5 Å². The first-order valence-electron chi connectivity index (χ1n) is 7.97. The van der Waals surface area contributed by atoms with Gasteiger partial charge in [-0.3, -0.25) is 9.59 Å². The fraction of sp³-hybridized carbons (Fsp3) is 0.263. The lowest BCUT2D eigenvalue weighted by atomic mass is 9.92. The van der Waals surface area contributed by atoms with Crippen molar-refractivity contribution in [2.75, 3.05) is 19.0 Å². The van der Waals surface area contributed by atoms with Crippen LogP contribution in [0, 0.1) is 0 Å². The van der Waals surface area contributed by atoms with Crippen LogP contribution in [0.4, 0.5) is 0 Å². The molecule has 4 nitrogen and oxygen atoms in total. The molecule has 1 N–H and O–H groups in total. The second-order valence-electron chi connectivity index (χ2n) is 5.76. The van der Waals surface area contributed by atoms with Crippen molar-refractivity contribution in [3.63, 3.8) is 0 Å². The predicted molar refractivity (Wildman–Crippen MR) is 94.1 cm³/mol. The number of hydrogen-bond donors (Lipinski definition) is 1. The van der Waals surface area contributed by atoms with Crippen molar-refractivity contribution < 1.29 is 9.59 Å². The molecule has 124 valence electrons. The number of carbonyl (C=O) groups excluding carboxylic acids is 2. The van der Waals surface area contributed by atoms with E-state index in [4.69, 9.17) is 11.6 Å². The van der Waals surface area contributed by atoms with Crippen LogP contribution in [0.15, 0.2) is 54.6 Å². The van der Waals surface area contributed by atoms with Crippen LogP contribution in [0.1, 0.15) is 27.5 Å². The van der Waals surface area contributed by atoms with Crippen molar-refractivity contribution in [1.82, 2.24) is 10.2 Å². The number of alkyl halides is 1. The third kappa shape index (κ3) is 3.44. The van der Waals surface area contributed by atoms with Gasteiger partial charge in [0.2, 0.25) is 5.91 Å². The van der Waals surface area contributed by atoms with Gasteiger partial charge in [0, 0.05) is 18.7 Å². The lowest BCUT2D eigenvalue weighted by molar-refractivity contribution is -0.131. The van der Waals surface area contributed by atoms with Crippen LogP contribution >= 0.6 is 11.6 Å². The first-order valence-corrected chi connectivity index (χ1v) is 8.50. The lowest BCUT2D eigenvalue weighted by Crippen LogP contribution is -2.45. The molecule has 0 bridgehead atoms. The monoisotopic (exact) mass is 342 g/mol. The maximum absolute atomic E-state index is 12.3. The highest BCUT2D eigenvalue weighted by molar-refractivity contribution is 6.27. The van der Waals surface area contributed by atoms with Crippen LogP contribution in [0.3, 0.4) is 0 Å². The molecule has 0 radical (unpaired) electrons. The van der Waals surface area contributed by atoms with E-state index in [1.165, 1.54) is 5.56 Å². The summed E-state index contributed by atoms with van der Waals surface area (Å²) in [5.41, 5.74) is 2.91. The summed E-state index contributed by atoms with van der Waals surface area (Å²) in [7, 11) is 0. The molecule has 1 aliphatic heterocycles. The Bertz CT molecular complexity index is 733. The summed E-state index contributed by atoms with van der Waals surface area (Å²) >= 11 is 5.76. The summed E-state index contributed by atoms with van der Waals surface area (Å²) in [6, 6.07) is 16.9. The fourth-order valence-electron chi connectivity index (χ4n) is 3.13. The second kappa shape index (κ2) is 7.49. The molecule has 5 heteroatoms. The highest BCUT2D eigenvalue weighted by atomic mass is 35.5. The van der Waals surface area contributed by atoms with Crippen LogP contribution in [-0.2, 0) is 11.2 Å². The molecule has 1 aliphatic rings. The van der Waals surface area contributed by atoms with Gasteiger partial charge in [0.25, 0.3) is 5.91 Å². The van der Waals surface area contributed by atoms with Gasteiger partial charge in [-0.05, 0) is 29.7 Å². The molecule has 0 saturated carbocycles. The number of nitrogens with one attached hydrogen (secondary N) is 1. The second-order valence-corrected chi connectivity index (χ2v) is 6.03. The van der Waals surface area contributed by atoms with Crippen LogP contribution < -0.4 is 5.32 Å². The Morgan fingerprint density at radius 2 is 1.79 bits per heavy atom. The number of nitrogens with zero attached hydrogens (tertiary/aromatic N) is 1. The fourth-order valence-corrected chi connectivity index (χ4v) is 3.28. The zero-order valence-corrected chi connectivity index (χ0v) is 14.0. The Hall–Kier alpha value is -2.33. The summed E-state index contributed by atoms with van der Waals surface area (Å²) in [6.07, 6.45) is 0.807. The van der Waals surface area contributed by atoms with Crippen molar-refractivity contribution in [1.29, 1.82) is 0 Å². The third-order valence-electron chi connectivity index (χ3n) is 4.34. The molecule has 0 aromatic heterocycles. The Morgan fingerprint density at radius 1 is 1.08 bits per heavy atom. The van der Waals surface area contributed by atoms with Crippen molar-refractivity contribution >= 4 is 23.4 Å². The zero-order chi connectivity index (χ0) is 16.9. The van der Waals surface area contributed by atoms with Crippen molar-refractivity contribution in [2.45, 2.75) is 12.5 Å². The number of amides is 2. The number of hydrogen-bond acceptors (Lipinski definition) is 2. The maximum atomic E-state index is 12.3. The van der Waals surface area contributed by atoms with E-state index in [9.17, 15) is 9.59 Å². The van der Waals surface area contributed by atoms with Gasteiger partial charge < -0.3 is 10.2 Å². The molecule has 0 unspecified atom stereocenters. The van der Waals surface area contributed by atoms with Crippen molar-refractivity contribution in [2.24, 2.45) is 0 Å². The average molecular weight is 343 g/mol. The highest BCUT2D eigenvalue weighted by Crippen LogP contribution is 2.29. The molecule has 1 heterocycles. The number of fused-ring (bicyclic) bond motifs is 1. The first-order chi connectivity index (χ1) is 11.7. The summed E-state index contributed by atoms with van der Waals surface area (Å²) in [5, 5.41) is 2.94. The molecule has 24 heavy (non-hydrogen) atoms. The predicted octanol–water partition coefficient (Wildman–Crippen LogP) is 2.78. The van der Waals surface area contributed by atoms with Gasteiger partial charge in [0.1, 0.15) is 5.88 Å². The maximum Gasteiger partial charge on any atom is 0.251 e. The van der Waals surface area contributed by atoms with Crippen LogP contribution in [0.2, 0.25) is 0 Å². The van der Waals surface area contributed by atoms with E-state index in [2.05, 4.69) is 11.4 Å². The molecule has 0 fully saturated rings. The summed E-state index contributed by atoms with van der Waals surface area (Å²) < 4.78 is 0. The van der Waals surface area contributed by atoms with Crippen LogP contribution in [0.5, 0.6) is 0 Å². The van der Waals surface area contributed by atoms with Gasteiger partial charge >= 0.3 is 0 Å². The van der Waals surface area contributed by atoms with Gasteiger partial charge in [-0.15, -0.1) is 11.6 Å². The van der Waals surface area contributed by atoms with Gasteiger partial charge in [-0.25, -0.2) is 0 Å². The van der Waals surface area contributed by atoms with Gasteiger partial charge in [0.15, 0.2) is 0 Å². The molecular weight excluding hydrogens is 324 g/mol. The largest absolute Gasteiger partial charge is 0.350 e. The SMILES string of the molecule is O=C(NC[C@H]1c2ccccc2CCN1C(=O)CCl)c1ccccc1. The summed E-state index contributed by atoms with van der Waals surface area (Å²) in [5.74, 6) is -0.298. The normalized spacial score (nSPS) is 16.4. The Balaban J connectivity index is 1.79. The van der Waals surface area contributed by atoms with E-state index < -0.39 is 0 Å². The van der Waals surface area contributed by atoms with E-state index in [1.54, 1.807) is 17.0 Å². The van der Waals surface area contributed by atoms with E-state index in [0.717, 1.165) is 12.0 Å². The molecule has 0 aliphatic carbocycles. The van der Waals surface area contributed by atoms with E-state index in [-0.39, 0.29) is 23.7 Å². The Kier molecular flexibility index (Phi) is 5.16. The van der Waals surface area contributed by atoms with Gasteiger partial charge in [0.05, 0.1) is 6.04 Å². The first kappa shape index (κ1) is 16.5. The van der Waals surface area contributed by atoms with Crippen molar-refractivity contribution in [3.8, 4) is 0 Å². The molecule has 3 rings (SSSR count). The van der Waals surface area contributed by atoms with Crippen LogP contribution in [-0.4, -0.2) is 35.7 Å². The quantitative estimate of drug-likeness (QED) is 0.869.